The largest absolute Gasteiger partial charge is 0.506 e. The van der Waals surface area contributed by atoms with Gasteiger partial charge in [-0.3, -0.25) is 0 Å². The maximum absolute atomic E-state index is 10.7. The van der Waals surface area contributed by atoms with Gasteiger partial charge in [0.2, 0.25) is 0 Å². The van der Waals surface area contributed by atoms with Crippen LogP contribution in [0.5, 0.6) is 5.75 Å². The monoisotopic (exact) mass is 178 g/mol. The van der Waals surface area contributed by atoms with Crippen molar-refractivity contribution in [2.75, 3.05) is 0 Å². The highest BCUT2D eigenvalue weighted by Crippen LogP contribution is 2.20. The van der Waals surface area contributed by atoms with Crippen LogP contribution in [-0.4, -0.2) is 25.8 Å². The zero-order valence-corrected chi connectivity index (χ0v) is 6.51. The van der Waals surface area contributed by atoms with Gasteiger partial charge in [-0.2, -0.15) is 5.10 Å². The fourth-order valence-electron chi connectivity index (χ4n) is 1.18. The number of rotatable bonds is 1. The molecule has 5 heteroatoms. The fourth-order valence-corrected chi connectivity index (χ4v) is 1.18. The molecule has 2 aromatic heterocycles. The number of carboxylic acids is 1. The van der Waals surface area contributed by atoms with E-state index in [4.69, 9.17) is 5.11 Å². The Morgan fingerprint density at radius 3 is 3.00 bits per heavy atom. The van der Waals surface area contributed by atoms with Gasteiger partial charge in [0.25, 0.3) is 0 Å². The second-order valence-electron chi connectivity index (χ2n) is 2.55. The SMILES string of the molecule is O=C(O)c1cnn2cccc(O)c12. The van der Waals surface area contributed by atoms with Gasteiger partial charge in [-0.05, 0) is 12.1 Å². The number of carboxylic acid groups (broad SMARTS) is 1. The van der Waals surface area contributed by atoms with E-state index in [0.29, 0.717) is 0 Å². The van der Waals surface area contributed by atoms with Gasteiger partial charge in [0.05, 0.1) is 6.20 Å². The summed E-state index contributed by atoms with van der Waals surface area (Å²) in [6, 6.07) is 3.00. The van der Waals surface area contributed by atoms with Crippen LogP contribution in [0.15, 0.2) is 24.5 Å². The van der Waals surface area contributed by atoms with Crippen LogP contribution < -0.4 is 0 Å². The van der Waals surface area contributed by atoms with Crippen molar-refractivity contribution in [2.24, 2.45) is 0 Å². The molecule has 66 valence electrons. The van der Waals surface area contributed by atoms with Gasteiger partial charge in [-0.15, -0.1) is 0 Å². The van der Waals surface area contributed by atoms with Crippen LogP contribution in [0.4, 0.5) is 0 Å². The Balaban J connectivity index is 2.86. The van der Waals surface area contributed by atoms with Crippen LogP contribution in [0.25, 0.3) is 5.52 Å². The lowest BCUT2D eigenvalue weighted by atomic mass is 10.2. The number of carbonyl (C=O) groups is 1. The molecule has 13 heavy (non-hydrogen) atoms. The molecule has 2 heterocycles. The van der Waals surface area contributed by atoms with Gasteiger partial charge in [-0.1, -0.05) is 0 Å². The predicted octanol–water partition coefficient (Wildman–Crippen LogP) is 0.738. The Morgan fingerprint density at radius 2 is 2.31 bits per heavy atom. The summed E-state index contributed by atoms with van der Waals surface area (Å²) in [4.78, 5) is 10.7. The molecule has 2 aromatic rings. The van der Waals surface area contributed by atoms with Crippen LogP contribution in [0.2, 0.25) is 0 Å². The molecular formula is C8H6N2O3. The Morgan fingerprint density at radius 1 is 1.54 bits per heavy atom. The molecule has 0 bridgehead atoms. The molecule has 0 aromatic carbocycles. The average molecular weight is 178 g/mol. The maximum Gasteiger partial charge on any atom is 0.339 e. The quantitative estimate of drug-likeness (QED) is 0.675. The third-order valence-electron chi connectivity index (χ3n) is 1.75. The van der Waals surface area contributed by atoms with Gasteiger partial charge in [0.1, 0.15) is 16.8 Å². The van der Waals surface area contributed by atoms with Crippen LogP contribution >= 0.6 is 0 Å². The molecule has 0 unspecified atom stereocenters. The zero-order valence-electron chi connectivity index (χ0n) is 6.51. The topological polar surface area (TPSA) is 74.8 Å². The van der Waals surface area contributed by atoms with Gasteiger partial charge in [0, 0.05) is 6.20 Å². The summed E-state index contributed by atoms with van der Waals surface area (Å²) in [6.07, 6.45) is 2.78. The van der Waals surface area contributed by atoms with Crippen molar-refractivity contribution in [3.8, 4) is 5.75 Å². The summed E-state index contributed by atoms with van der Waals surface area (Å²) < 4.78 is 1.32. The van der Waals surface area contributed by atoms with E-state index in [9.17, 15) is 9.90 Å². The van der Waals surface area contributed by atoms with E-state index in [1.165, 1.54) is 16.8 Å². The van der Waals surface area contributed by atoms with E-state index in [1.54, 1.807) is 12.3 Å². The molecule has 5 nitrogen and oxygen atoms in total. The number of aromatic hydroxyl groups is 1. The van der Waals surface area contributed by atoms with Crippen molar-refractivity contribution >= 4 is 11.5 Å². The third-order valence-corrected chi connectivity index (χ3v) is 1.75. The Labute approximate surface area is 72.9 Å². The number of hydrogen-bond donors (Lipinski definition) is 2. The van der Waals surface area contributed by atoms with Crippen molar-refractivity contribution in [3.05, 3.63) is 30.1 Å². The first kappa shape index (κ1) is 7.60. The second kappa shape index (κ2) is 2.48. The fraction of sp³-hybridized carbons (Fsp3) is 0. The van der Waals surface area contributed by atoms with Gasteiger partial charge in [0.15, 0.2) is 0 Å². The zero-order chi connectivity index (χ0) is 9.42. The lowest BCUT2D eigenvalue weighted by Gasteiger charge is -1.96. The lowest BCUT2D eigenvalue weighted by Crippen LogP contribution is -1.95. The molecule has 2 rings (SSSR count). The molecule has 2 N–H and O–H groups in total. The molecule has 0 atom stereocenters. The minimum absolute atomic E-state index is 0.00176. The highest BCUT2D eigenvalue weighted by molar-refractivity contribution is 5.97. The van der Waals surface area contributed by atoms with Crippen LogP contribution in [0, 0.1) is 0 Å². The number of aromatic carboxylic acids is 1. The van der Waals surface area contributed by atoms with E-state index >= 15 is 0 Å². The third kappa shape index (κ3) is 1.01. The van der Waals surface area contributed by atoms with Crippen molar-refractivity contribution < 1.29 is 15.0 Å². The molecule has 0 aliphatic carbocycles. The van der Waals surface area contributed by atoms with Gasteiger partial charge in [-0.25, -0.2) is 9.31 Å². The molecule has 0 radical (unpaired) electrons. The van der Waals surface area contributed by atoms with Gasteiger partial charge < -0.3 is 10.2 Å². The Hall–Kier alpha value is -2.04. The summed E-state index contributed by atoms with van der Waals surface area (Å²) >= 11 is 0. The number of aromatic nitrogens is 2. The molecule has 0 saturated heterocycles. The molecule has 0 saturated carbocycles. The highest BCUT2D eigenvalue weighted by Gasteiger charge is 2.13. The minimum atomic E-state index is -1.10. The van der Waals surface area contributed by atoms with E-state index < -0.39 is 5.97 Å². The van der Waals surface area contributed by atoms with Crippen molar-refractivity contribution in [3.63, 3.8) is 0 Å². The first-order valence-corrected chi connectivity index (χ1v) is 3.59. The Bertz CT molecular complexity index is 475. The normalized spacial score (nSPS) is 10.5. The molecule has 0 aliphatic rings. The number of pyridine rings is 1. The molecule has 0 aliphatic heterocycles. The summed E-state index contributed by atoms with van der Waals surface area (Å²) in [5.41, 5.74) is 0.216. The smallest absolute Gasteiger partial charge is 0.339 e. The second-order valence-corrected chi connectivity index (χ2v) is 2.55. The van der Waals surface area contributed by atoms with E-state index in [0.717, 1.165) is 0 Å². The van der Waals surface area contributed by atoms with Crippen LogP contribution in [0.1, 0.15) is 10.4 Å². The molecular weight excluding hydrogens is 172 g/mol. The van der Waals surface area contributed by atoms with Gasteiger partial charge >= 0.3 is 5.97 Å². The van der Waals surface area contributed by atoms with Crippen molar-refractivity contribution in [1.29, 1.82) is 0 Å². The van der Waals surface area contributed by atoms with Crippen molar-refractivity contribution in [2.45, 2.75) is 0 Å². The van der Waals surface area contributed by atoms with E-state index in [2.05, 4.69) is 5.10 Å². The van der Waals surface area contributed by atoms with Crippen LogP contribution in [0.3, 0.4) is 0 Å². The highest BCUT2D eigenvalue weighted by atomic mass is 16.4. The summed E-state index contributed by atoms with van der Waals surface area (Å²) in [5.74, 6) is -1.19. The molecule has 0 amide bonds. The van der Waals surface area contributed by atoms with E-state index in [-0.39, 0.29) is 16.8 Å². The Kier molecular flexibility index (Phi) is 1.45. The molecule has 0 spiro atoms. The molecule has 0 fully saturated rings. The number of fused-ring (bicyclic) bond motifs is 1. The minimum Gasteiger partial charge on any atom is -0.506 e. The van der Waals surface area contributed by atoms with Crippen molar-refractivity contribution in [1.82, 2.24) is 9.61 Å². The average Bonchev–Trinajstić information content (AvgIpc) is 2.49. The summed E-state index contributed by atoms with van der Waals surface area (Å²) in [5, 5.41) is 21.9. The number of nitrogens with zero attached hydrogens (tertiary/aromatic N) is 2. The standard InChI is InChI=1S/C8H6N2O3/c11-6-2-1-3-10-7(6)5(4-9-10)8(12)13/h1-4,11H,(H,12,13). The maximum atomic E-state index is 10.7. The number of hydrogen-bond acceptors (Lipinski definition) is 3. The predicted molar refractivity (Wildman–Crippen MR) is 43.8 cm³/mol. The van der Waals surface area contributed by atoms with Crippen LogP contribution in [-0.2, 0) is 0 Å². The summed E-state index contributed by atoms with van der Waals surface area (Å²) in [6.45, 7) is 0. The summed E-state index contributed by atoms with van der Waals surface area (Å²) in [7, 11) is 0. The first-order valence-electron chi connectivity index (χ1n) is 3.59. The van der Waals surface area contributed by atoms with E-state index in [1.807, 2.05) is 0 Å². The lowest BCUT2D eigenvalue weighted by molar-refractivity contribution is 0.0698. The first-order chi connectivity index (χ1) is 6.20.